The van der Waals surface area contributed by atoms with Crippen LogP contribution in [0.2, 0.25) is 0 Å². The minimum atomic E-state index is -0.859. The summed E-state index contributed by atoms with van der Waals surface area (Å²) in [5.41, 5.74) is 1.40. The van der Waals surface area contributed by atoms with E-state index in [0.29, 0.717) is 31.6 Å². The highest BCUT2D eigenvalue weighted by atomic mass is 19.1. The zero-order valence-corrected chi connectivity index (χ0v) is 21.8. The Morgan fingerprint density at radius 2 is 1.62 bits per heavy atom. The molecule has 0 aliphatic carbocycles. The first-order chi connectivity index (χ1) is 18.9. The summed E-state index contributed by atoms with van der Waals surface area (Å²) in [6.45, 7) is 2.85. The number of hydrogen-bond donors (Lipinski definition) is 2. The number of amides is 4. The van der Waals surface area contributed by atoms with Crippen molar-refractivity contribution in [3.8, 4) is 0 Å². The number of para-hydroxylation sites is 1. The quantitative estimate of drug-likeness (QED) is 0.497. The first-order valence-corrected chi connectivity index (χ1v) is 13.1. The molecule has 2 saturated heterocycles. The molecule has 3 aromatic rings. The molecule has 202 valence electrons. The van der Waals surface area contributed by atoms with Crippen LogP contribution in [-0.2, 0) is 9.59 Å². The Balaban J connectivity index is 1.29. The molecule has 0 saturated carbocycles. The van der Waals surface area contributed by atoms with Crippen LogP contribution in [0.4, 0.5) is 20.6 Å². The first-order valence-electron chi connectivity index (χ1n) is 13.1. The Morgan fingerprint density at radius 1 is 0.949 bits per heavy atom. The average Bonchev–Trinajstić information content (AvgIpc) is 3.20. The van der Waals surface area contributed by atoms with Gasteiger partial charge in [0, 0.05) is 24.5 Å². The van der Waals surface area contributed by atoms with E-state index in [1.165, 1.54) is 18.2 Å². The third-order valence-corrected chi connectivity index (χ3v) is 7.55. The zero-order chi connectivity index (χ0) is 27.4. The van der Waals surface area contributed by atoms with Gasteiger partial charge < -0.3 is 25.3 Å². The lowest BCUT2D eigenvalue weighted by Crippen LogP contribution is -2.58. The number of halogens is 1. The second-order valence-electron chi connectivity index (χ2n) is 10.1. The Labute approximate surface area is 227 Å². The third kappa shape index (κ3) is 5.57. The number of hydrogen-bond acceptors (Lipinski definition) is 4. The van der Waals surface area contributed by atoms with Crippen molar-refractivity contribution in [1.82, 2.24) is 15.1 Å². The highest BCUT2D eigenvalue weighted by Gasteiger charge is 2.54. The molecule has 5 rings (SSSR count). The highest BCUT2D eigenvalue weighted by molar-refractivity contribution is 5.97. The molecule has 3 aromatic carbocycles. The monoisotopic (exact) mass is 529 g/mol. The Hall–Kier alpha value is -4.40. The van der Waals surface area contributed by atoms with E-state index in [1.54, 1.807) is 15.9 Å². The van der Waals surface area contributed by atoms with E-state index in [-0.39, 0.29) is 37.1 Å². The molecular weight excluding hydrogens is 497 g/mol. The predicted molar refractivity (Wildman–Crippen MR) is 147 cm³/mol. The molecule has 9 heteroatoms. The third-order valence-electron chi connectivity index (χ3n) is 7.55. The van der Waals surface area contributed by atoms with Crippen molar-refractivity contribution in [2.24, 2.45) is 0 Å². The molecule has 0 radical (unpaired) electrons. The van der Waals surface area contributed by atoms with Gasteiger partial charge in [-0.1, -0.05) is 54.6 Å². The number of nitrogens with zero attached hydrogens (tertiary/aromatic N) is 3. The SMILES string of the molecule is CC(NC(=O)CN1CN(c2ccccc2)C2(CCN(C(=O)Nc3cccc(F)c3)CC2)C1=O)c1ccccc1. The number of nitrogens with one attached hydrogen (secondary N) is 2. The van der Waals surface area contributed by atoms with Gasteiger partial charge in [0.1, 0.15) is 17.9 Å². The van der Waals surface area contributed by atoms with Crippen LogP contribution >= 0.6 is 0 Å². The number of likely N-dealkylation sites (tertiary alicyclic amines) is 1. The van der Waals surface area contributed by atoms with Gasteiger partial charge >= 0.3 is 6.03 Å². The van der Waals surface area contributed by atoms with E-state index in [4.69, 9.17) is 0 Å². The maximum Gasteiger partial charge on any atom is 0.321 e. The number of carbonyl (C=O) groups is 3. The minimum absolute atomic E-state index is 0.0507. The fourth-order valence-corrected chi connectivity index (χ4v) is 5.46. The lowest BCUT2D eigenvalue weighted by atomic mass is 9.85. The summed E-state index contributed by atoms with van der Waals surface area (Å²) in [7, 11) is 0. The highest BCUT2D eigenvalue weighted by Crippen LogP contribution is 2.39. The van der Waals surface area contributed by atoms with E-state index >= 15 is 0 Å². The summed E-state index contributed by atoms with van der Waals surface area (Å²) in [5.74, 6) is -0.765. The summed E-state index contributed by atoms with van der Waals surface area (Å²) in [6, 6.07) is 24.6. The predicted octanol–water partition coefficient (Wildman–Crippen LogP) is 4.38. The zero-order valence-electron chi connectivity index (χ0n) is 21.8. The topological polar surface area (TPSA) is 85.0 Å². The standard InChI is InChI=1S/C30H32FN5O3/c1-22(23-9-4-2-5-10-23)32-27(37)20-35-21-36(26-13-6-3-7-14-26)30(28(35)38)15-17-34(18-16-30)29(39)33-25-12-8-11-24(31)19-25/h2-14,19,22H,15-18,20-21H2,1H3,(H,32,37)(H,33,39). The van der Waals surface area contributed by atoms with Crippen molar-refractivity contribution >= 4 is 29.2 Å². The van der Waals surface area contributed by atoms with Crippen LogP contribution in [0.25, 0.3) is 0 Å². The fourth-order valence-electron chi connectivity index (χ4n) is 5.46. The van der Waals surface area contributed by atoms with Crippen LogP contribution < -0.4 is 15.5 Å². The fraction of sp³-hybridized carbons (Fsp3) is 0.300. The molecule has 4 amide bonds. The van der Waals surface area contributed by atoms with E-state index in [9.17, 15) is 18.8 Å². The van der Waals surface area contributed by atoms with Crippen molar-refractivity contribution in [1.29, 1.82) is 0 Å². The normalized spacial score (nSPS) is 17.3. The van der Waals surface area contributed by atoms with Crippen LogP contribution in [0.5, 0.6) is 0 Å². The van der Waals surface area contributed by atoms with Crippen molar-refractivity contribution in [2.45, 2.75) is 31.3 Å². The maximum absolute atomic E-state index is 13.9. The van der Waals surface area contributed by atoms with Gasteiger partial charge in [0.2, 0.25) is 5.91 Å². The number of carbonyl (C=O) groups excluding carboxylic acids is 3. The molecule has 0 aromatic heterocycles. The second kappa shape index (κ2) is 11.1. The lowest BCUT2D eigenvalue weighted by Gasteiger charge is -2.43. The molecule has 2 fully saturated rings. The van der Waals surface area contributed by atoms with Gasteiger partial charge in [0.15, 0.2) is 0 Å². The summed E-state index contributed by atoms with van der Waals surface area (Å²) < 4.78 is 13.5. The van der Waals surface area contributed by atoms with Crippen molar-refractivity contribution in [2.75, 3.05) is 36.5 Å². The molecule has 39 heavy (non-hydrogen) atoms. The van der Waals surface area contributed by atoms with Crippen LogP contribution in [-0.4, -0.2) is 59.5 Å². The smallest absolute Gasteiger partial charge is 0.321 e. The van der Waals surface area contributed by atoms with Crippen LogP contribution in [0.1, 0.15) is 31.4 Å². The maximum atomic E-state index is 13.9. The molecule has 2 aliphatic rings. The number of anilines is 2. The number of rotatable bonds is 6. The van der Waals surface area contributed by atoms with Gasteiger partial charge in [0.25, 0.3) is 5.91 Å². The second-order valence-corrected chi connectivity index (χ2v) is 10.1. The van der Waals surface area contributed by atoms with E-state index < -0.39 is 11.4 Å². The van der Waals surface area contributed by atoms with Crippen molar-refractivity contribution in [3.63, 3.8) is 0 Å². The van der Waals surface area contributed by atoms with Gasteiger partial charge in [0.05, 0.1) is 12.7 Å². The Morgan fingerprint density at radius 3 is 2.28 bits per heavy atom. The molecule has 1 atom stereocenters. The van der Waals surface area contributed by atoms with Crippen molar-refractivity contribution < 1.29 is 18.8 Å². The van der Waals surface area contributed by atoms with Gasteiger partial charge in [-0.2, -0.15) is 0 Å². The summed E-state index contributed by atoms with van der Waals surface area (Å²) in [4.78, 5) is 45.1. The average molecular weight is 530 g/mol. The van der Waals surface area contributed by atoms with Crippen LogP contribution in [0, 0.1) is 5.82 Å². The van der Waals surface area contributed by atoms with Gasteiger partial charge in [-0.15, -0.1) is 0 Å². The van der Waals surface area contributed by atoms with E-state index in [0.717, 1.165) is 11.3 Å². The molecule has 1 unspecified atom stereocenters. The number of urea groups is 1. The number of piperidine rings is 1. The molecule has 1 spiro atoms. The van der Waals surface area contributed by atoms with E-state index in [1.807, 2.05) is 67.6 Å². The van der Waals surface area contributed by atoms with Crippen LogP contribution in [0.15, 0.2) is 84.9 Å². The van der Waals surface area contributed by atoms with E-state index in [2.05, 4.69) is 15.5 Å². The van der Waals surface area contributed by atoms with Gasteiger partial charge in [-0.05, 0) is 55.7 Å². The first kappa shape index (κ1) is 26.2. The molecular formula is C30H32FN5O3. The van der Waals surface area contributed by atoms with Gasteiger partial charge in [-0.3, -0.25) is 9.59 Å². The molecule has 0 bridgehead atoms. The summed E-state index contributed by atoms with van der Waals surface area (Å²) in [6.07, 6.45) is 0.825. The Bertz CT molecular complexity index is 1330. The molecule has 2 N–H and O–H groups in total. The Kier molecular flexibility index (Phi) is 7.49. The number of benzene rings is 3. The van der Waals surface area contributed by atoms with Gasteiger partial charge in [-0.25, -0.2) is 9.18 Å². The van der Waals surface area contributed by atoms with Crippen LogP contribution in [0.3, 0.4) is 0 Å². The molecule has 2 heterocycles. The van der Waals surface area contributed by atoms with Crippen molar-refractivity contribution in [3.05, 3.63) is 96.3 Å². The lowest BCUT2D eigenvalue weighted by molar-refractivity contribution is -0.137. The summed E-state index contributed by atoms with van der Waals surface area (Å²) in [5, 5.41) is 5.74. The molecule has 2 aliphatic heterocycles. The molecule has 8 nitrogen and oxygen atoms in total. The minimum Gasteiger partial charge on any atom is -0.348 e. The summed E-state index contributed by atoms with van der Waals surface area (Å²) >= 11 is 0. The largest absolute Gasteiger partial charge is 0.348 e.